The highest BCUT2D eigenvalue weighted by atomic mass is 35.5. The average molecular weight is 336 g/mol. The van der Waals surface area contributed by atoms with Crippen molar-refractivity contribution in [2.45, 2.75) is 0 Å². The van der Waals surface area contributed by atoms with Crippen LogP contribution >= 0.6 is 11.6 Å². The minimum atomic E-state index is 0.575. The summed E-state index contributed by atoms with van der Waals surface area (Å²) in [6.07, 6.45) is 7.16. The molecule has 0 unspecified atom stereocenters. The van der Waals surface area contributed by atoms with E-state index in [4.69, 9.17) is 16.3 Å². The van der Waals surface area contributed by atoms with E-state index in [1.54, 1.807) is 30.2 Å². The molecular weight excluding hydrogens is 322 g/mol. The lowest BCUT2D eigenvalue weighted by molar-refractivity contribution is 0.417. The summed E-state index contributed by atoms with van der Waals surface area (Å²) >= 11 is 6.18. The van der Waals surface area contributed by atoms with E-state index in [0.29, 0.717) is 10.8 Å². The molecule has 3 heterocycles. The van der Waals surface area contributed by atoms with Crippen LogP contribution in [0.25, 0.3) is 27.8 Å². The highest BCUT2D eigenvalue weighted by Crippen LogP contribution is 2.32. The summed E-state index contributed by atoms with van der Waals surface area (Å²) in [4.78, 5) is 4.05. The fourth-order valence-electron chi connectivity index (χ4n) is 2.76. The lowest BCUT2D eigenvalue weighted by atomic mass is 10.0. The minimum absolute atomic E-state index is 0.575. The van der Waals surface area contributed by atoms with Gasteiger partial charge in [-0.1, -0.05) is 35.9 Å². The normalized spacial score (nSPS) is 10.9. The third-order valence-electron chi connectivity index (χ3n) is 3.98. The number of nitrogens with zero attached hydrogens (tertiary/aromatic N) is 3. The Balaban J connectivity index is 1.77. The summed E-state index contributed by atoms with van der Waals surface area (Å²) in [5, 5.41) is 4.85. The topological polar surface area (TPSA) is 39.4 Å². The molecule has 118 valence electrons. The van der Waals surface area contributed by atoms with Crippen LogP contribution in [0.15, 0.2) is 67.3 Å². The number of rotatable bonds is 3. The maximum absolute atomic E-state index is 6.18. The van der Waals surface area contributed by atoms with Gasteiger partial charge in [-0.3, -0.25) is 4.98 Å². The van der Waals surface area contributed by atoms with Crippen LogP contribution in [0.4, 0.5) is 0 Å². The van der Waals surface area contributed by atoms with Crippen molar-refractivity contribution in [3.05, 3.63) is 72.3 Å². The summed E-state index contributed by atoms with van der Waals surface area (Å²) in [6.45, 7) is 0. The largest absolute Gasteiger partial charge is 0.494 e. The third-order valence-corrected chi connectivity index (χ3v) is 4.26. The van der Waals surface area contributed by atoms with E-state index in [2.05, 4.69) is 34.3 Å². The van der Waals surface area contributed by atoms with Crippen LogP contribution in [0.1, 0.15) is 0 Å². The van der Waals surface area contributed by atoms with Crippen LogP contribution < -0.4 is 4.74 Å². The SMILES string of the molecule is COc1cc(-c2ccc(-c3ccncc3)cc2)cn2ncc(Cl)c12. The van der Waals surface area contributed by atoms with Gasteiger partial charge in [-0.15, -0.1) is 0 Å². The minimum Gasteiger partial charge on any atom is -0.494 e. The molecule has 0 atom stereocenters. The van der Waals surface area contributed by atoms with Crippen molar-refractivity contribution in [2.75, 3.05) is 7.11 Å². The zero-order chi connectivity index (χ0) is 16.5. The van der Waals surface area contributed by atoms with Gasteiger partial charge in [-0.2, -0.15) is 5.10 Å². The Morgan fingerprint density at radius 2 is 1.54 bits per heavy atom. The molecule has 0 bridgehead atoms. The Hall–Kier alpha value is -2.85. The van der Waals surface area contributed by atoms with Gasteiger partial charge in [0.1, 0.15) is 11.3 Å². The van der Waals surface area contributed by atoms with Crippen molar-refractivity contribution in [1.82, 2.24) is 14.6 Å². The van der Waals surface area contributed by atoms with Gasteiger partial charge < -0.3 is 4.74 Å². The fourth-order valence-corrected chi connectivity index (χ4v) is 2.98. The van der Waals surface area contributed by atoms with Crippen molar-refractivity contribution >= 4 is 17.1 Å². The Morgan fingerprint density at radius 3 is 2.21 bits per heavy atom. The standard InChI is InChI=1S/C19H14ClN3O/c1-24-18-10-16(12-23-19(18)17(20)11-22-23)14-4-2-13(3-5-14)15-6-8-21-9-7-15/h2-12H,1H3. The van der Waals surface area contributed by atoms with E-state index >= 15 is 0 Å². The molecule has 0 saturated carbocycles. The molecule has 0 N–H and O–H groups in total. The van der Waals surface area contributed by atoms with E-state index in [1.165, 1.54) is 0 Å². The number of pyridine rings is 2. The molecule has 24 heavy (non-hydrogen) atoms. The van der Waals surface area contributed by atoms with Gasteiger partial charge >= 0.3 is 0 Å². The summed E-state index contributed by atoms with van der Waals surface area (Å²) < 4.78 is 7.21. The first-order chi connectivity index (χ1) is 11.8. The number of aromatic nitrogens is 3. The lowest BCUT2D eigenvalue weighted by Gasteiger charge is -2.09. The first-order valence-corrected chi connectivity index (χ1v) is 7.86. The number of benzene rings is 1. The monoisotopic (exact) mass is 335 g/mol. The summed E-state index contributed by atoms with van der Waals surface area (Å²) in [5.41, 5.74) is 5.16. The molecule has 0 saturated heterocycles. The zero-order valence-corrected chi connectivity index (χ0v) is 13.7. The first kappa shape index (κ1) is 14.7. The van der Waals surface area contributed by atoms with Crippen LogP contribution in [-0.4, -0.2) is 21.7 Å². The molecule has 4 aromatic rings. The molecule has 1 aromatic carbocycles. The molecule has 0 spiro atoms. The second kappa shape index (κ2) is 5.98. The van der Waals surface area contributed by atoms with Crippen molar-refractivity contribution in [1.29, 1.82) is 0 Å². The number of halogens is 1. The average Bonchev–Trinajstić information content (AvgIpc) is 3.03. The van der Waals surface area contributed by atoms with Gasteiger partial charge in [0.2, 0.25) is 0 Å². The Labute approximate surface area is 144 Å². The molecule has 4 rings (SSSR count). The Bertz CT molecular complexity index is 994. The van der Waals surface area contributed by atoms with Gasteiger partial charge in [0, 0.05) is 24.2 Å². The molecular formula is C19H14ClN3O. The predicted octanol–water partition coefficient (Wildman–Crippen LogP) is 4.73. The lowest BCUT2D eigenvalue weighted by Crippen LogP contribution is -1.93. The van der Waals surface area contributed by atoms with Crippen molar-refractivity contribution in [3.63, 3.8) is 0 Å². The maximum atomic E-state index is 6.18. The molecule has 0 radical (unpaired) electrons. The highest BCUT2D eigenvalue weighted by Gasteiger charge is 2.11. The van der Waals surface area contributed by atoms with Crippen molar-refractivity contribution in [3.8, 4) is 28.0 Å². The number of methoxy groups -OCH3 is 1. The predicted molar refractivity (Wildman–Crippen MR) is 95.4 cm³/mol. The van der Waals surface area contributed by atoms with Crippen molar-refractivity contribution in [2.24, 2.45) is 0 Å². The van der Waals surface area contributed by atoms with Gasteiger partial charge in [0.15, 0.2) is 0 Å². The molecule has 5 heteroatoms. The maximum Gasteiger partial charge on any atom is 0.146 e. The Kier molecular flexibility index (Phi) is 3.67. The quantitative estimate of drug-likeness (QED) is 0.543. The van der Waals surface area contributed by atoms with Crippen LogP contribution in [0.3, 0.4) is 0 Å². The molecule has 0 fully saturated rings. The van der Waals surface area contributed by atoms with E-state index in [1.807, 2.05) is 24.4 Å². The fraction of sp³-hybridized carbons (Fsp3) is 0.0526. The van der Waals surface area contributed by atoms with E-state index in [9.17, 15) is 0 Å². The summed E-state index contributed by atoms with van der Waals surface area (Å²) in [7, 11) is 1.63. The number of fused-ring (bicyclic) bond motifs is 1. The van der Waals surface area contributed by atoms with Gasteiger partial charge in [0.25, 0.3) is 0 Å². The van der Waals surface area contributed by atoms with Gasteiger partial charge in [-0.25, -0.2) is 4.52 Å². The molecule has 0 aliphatic heterocycles. The summed E-state index contributed by atoms with van der Waals surface area (Å²) in [5.74, 6) is 0.702. The van der Waals surface area contributed by atoms with Crippen LogP contribution in [0.5, 0.6) is 5.75 Å². The first-order valence-electron chi connectivity index (χ1n) is 7.48. The van der Waals surface area contributed by atoms with E-state index in [-0.39, 0.29) is 0 Å². The Morgan fingerprint density at radius 1 is 0.917 bits per heavy atom. The summed E-state index contributed by atoms with van der Waals surface area (Å²) in [6, 6.07) is 14.3. The second-order valence-corrected chi connectivity index (χ2v) is 5.80. The van der Waals surface area contributed by atoms with Gasteiger partial charge in [-0.05, 0) is 34.9 Å². The second-order valence-electron chi connectivity index (χ2n) is 5.40. The van der Waals surface area contributed by atoms with Crippen LogP contribution in [-0.2, 0) is 0 Å². The zero-order valence-electron chi connectivity index (χ0n) is 13.0. The highest BCUT2D eigenvalue weighted by molar-refractivity contribution is 6.34. The molecule has 3 aromatic heterocycles. The number of ether oxygens (including phenoxy) is 1. The van der Waals surface area contributed by atoms with E-state index in [0.717, 1.165) is 27.8 Å². The van der Waals surface area contributed by atoms with Crippen molar-refractivity contribution < 1.29 is 4.74 Å². The third kappa shape index (κ3) is 2.51. The molecule has 0 aliphatic rings. The van der Waals surface area contributed by atoms with E-state index < -0.39 is 0 Å². The smallest absolute Gasteiger partial charge is 0.146 e. The molecule has 0 amide bonds. The number of hydrogen-bond acceptors (Lipinski definition) is 3. The number of hydrogen-bond donors (Lipinski definition) is 0. The van der Waals surface area contributed by atoms with Crippen LogP contribution in [0, 0.1) is 0 Å². The van der Waals surface area contributed by atoms with Crippen LogP contribution in [0.2, 0.25) is 5.02 Å². The van der Waals surface area contributed by atoms with Gasteiger partial charge in [0.05, 0.1) is 18.3 Å². The molecule has 4 nitrogen and oxygen atoms in total. The molecule has 0 aliphatic carbocycles.